The normalized spacial score (nSPS) is 19.4. The molecule has 0 aromatic heterocycles. The smallest absolute Gasteiger partial charge is 0.249 e. The van der Waals surface area contributed by atoms with E-state index >= 15 is 0 Å². The van der Waals surface area contributed by atoms with Crippen LogP contribution in [-0.4, -0.2) is 29.6 Å². The molecule has 0 spiro atoms. The Morgan fingerprint density at radius 3 is 2.85 bits per heavy atom. The third kappa shape index (κ3) is 4.06. The number of ether oxygens (including phenoxy) is 1. The van der Waals surface area contributed by atoms with Crippen molar-refractivity contribution in [2.45, 2.75) is 45.3 Å². The average Bonchev–Trinajstić information content (AvgIpc) is 2.84. The van der Waals surface area contributed by atoms with Gasteiger partial charge in [-0.05, 0) is 51.3 Å². The Labute approximate surface area is 129 Å². The monoisotopic (exact) mass is 339 g/mol. The second-order valence-electron chi connectivity index (χ2n) is 6.20. The van der Waals surface area contributed by atoms with E-state index in [1.807, 2.05) is 37.8 Å². The maximum Gasteiger partial charge on any atom is 0.249 e. The Balaban J connectivity index is 2.05. The first kappa shape index (κ1) is 15.5. The molecular formula is C16H22BrNO2. The Hall–Kier alpha value is -0.870. The van der Waals surface area contributed by atoms with E-state index in [1.54, 1.807) is 0 Å². The maximum absolute atomic E-state index is 12.3. The van der Waals surface area contributed by atoms with Crippen LogP contribution in [0.4, 0.5) is 0 Å². The van der Waals surface area contributed by atoms with E-state index in [0.29, 0.717) is 0 Å². The highest BCUT2D eigenvalue weighted by atomic mass is 79.9. The van der Waals surface area contributed by atoms with Crippen LogP contribution in [0.2, 0.25) is 0 Å². The number of amides is 1. The lowest BCUT2D eigenvalue weighted by Gasteiger charge is -2.27. The molecule has 110 valence electrons. The summed E-state index contributed by atoms with van der Waals surface area (Å²) in [5, 5.41) is 0. The molecule has 20 heavy (non-hydrogen) atoms. The van der Waals surface area contributed by atoms with Crippen molar-refractivity contribution in [1.82, 2.24) is 4.90 Å². The van der Waals surface area contributed by atoms with Crippen molar-refractivity contribution in [3.05, 3.63) is 34.3 Å². The fourth-order valence-corrected chi connectivity index (χ4v) is 2.90. The number of hydrogen-bond acceptors (Lipinski definition) is 2. The molecule has 0 N–H and O–H groups in total. The Kier molecular flexibility index (Phi) is 4.86. The van der Waals surface area contributed by atoms with Gasteiger partial charge in [-0.25, -0.2) is 0 Å². The predicted molar refractivity (Wildman–Crippen MR) is 83.5 cm³/mol. The van der Waals surface area contributed by atoms with E-state index in [1.165, 1.54) is 5.56 Å². The van der Waals surface area contributed by atoms with Gasteiger partial charge in [0.15, 0.2) is 0 Å². The van der Waals surface area contributed by atoms with Crippen molar-refractivity contribution >= 4 is 21.8 Å². The first-order valence-electron chi connectivity index (χ1n) is 7.06. The summed E-state index contributed by atoms with van der Waals surface area (Å²) in [6, 6.07) is 8.40. The summed E-state index contributed by atoms with van der Waals surface area (Å²) in [7, 11) is 0. The molecule has 2 rings (SSSR count). The number of nitrogens with zero attached hydrogens (tertiary/aromatic N) is 1. The molecule has 1 fully saturated rings. The number of halogens is 1. The molecular weight excluding hydrogens is 318 g/mol. The molecule has 1 aromatic carbocycles. The Bertz CT molecular complexity index is 482. The lowest BCUT2D eigenvalue weighted by atomic mass is 10.0. The van der Waals surface area contributed by atoms with Gasteiger partial charge in [0.1, 0.15) is 6.61 Å². The van der Waals surface area contributed by atoms with Crippen LogP contribution in [0.1, 0.15) is 45.2 Å². The number of carbonyl (C=O) groups is 1. The summed E-state index contributed by atoms with van der Waals surface area (Å²) in [6.45, 7) is 6.89. The summed E-state index contributed by atoms with van der Waals surface area (Å²) >= 11 is 3.49. The zero-order valence-electron chi connectivity index (χ0n) is 12.4. The number of benzene rings is 1. The number of hydrogen-bond donors (Lipinski definition) is 0. The average molecular weight is 340 g/mol. The lowest BCUT2D eigenvalue weighted by molar-refractivity contribution is -0.142. The van der Waals surface area contributed by atoms with Crippen molar-refractivity contribution in [2.24, 2.45) is 0 Å². The summed E-state index contributed by atoms with van der Waals surface area (Å²) in [5.74, 6) is 0.0856. The lowest BCUT2D eigenvalue weighted by Crippen LogP contribution is -2.36. The zero-order chi connectivity index (χ0) is 14.8. The molecule has 4 heteroatoms. The molecule has 1 saturated heterocycles. The Morgan fingerprint density at radius 2 is 2.20 bits per heavy atom. The quantitative estimate of drug-likeness (QED) is 0.834. The van der Waals surface area contributed by atoms with E-state index in [-0.39, 0.29) is 24.2 Å². The largest absolute Gasteiger partial charge is 0.366 e. The van der Waals surface area contributed by atoms with E-state index in [2.05, 4.69) is 28.1 Å². The van der Waals surface area contributed by atoms with Gasteiger partial charge >= 0.3 is 0 Å². The van der Waals surface area contributed by atoms with Gasteiger partial charge in [-0.15, -0.1) is 0 Å². The molecule has 3 nitrogen and oxygen atoms in total. The molecule has 1 heterocycles. The molecule has 1 unspecified atom stereocenters. The van der Waals surface area contributed by atoms with Gasteiger partial charge < -0.3 is 9.64 Å². The van der Waals surface area contributed by atoms with Gasteiger partial charge in [0, 0.05) is 11.0 Å². The molecule has 0 radical (unpaired) electrons. The minimum absolute atomic E-state index is 0.0856. The minimum Gasteiger partial charge on any atom is -0.366 e. The zero-order valence-corrected chi connectivity index (χ0v) is 13.9. The third-order valence-electron chi connectivity index (χ3n) is 3.44. The number of carbonyl (C=O) groups excluding carboxylic acids is 1. The summed E-state index contributed by atoms with van der Waals surface area (Å²) in [5.41, 5.74) is 0.918. The van der Waals surface area contributed by atoms with Crippen molar-refractivity contribution in [3.8, 4) is 0 Å². The van der Waals surface area contributed by atoms with Crippen molar-refractivity contribution in [3.63, 3.8) is 0 Å². The van der Waals surface area contributed by atoms with Gasteiger partial charge in [0.25, 0.3) is 0 Å². The van der Waals surface area contributed by atoms with Crippen LogP contribution < -0.4 is 0 Å². The third-order valence-corrected chi connectivity index (χ3v) is 3.93. The maximum atomic E-state index is 12.3. The van der Waals surface area contributed by atoms with Gasteiger partial charge in [0.2, 0.25) is 5.91 Å². The van der Waals surface area contributed by atoms with Crippen LogP contribution in [0.15, 0.2) is 28.7 Å². The molecule has 1 atom stereocenters. The van der Waals surface area contributed by atoms with Crippen LogP contribution in [-0.2, 0) is 9.53 Å². The highest BCUT2D eigenvalue weighted by Gasteiger charge is 2.30. The molecule has 1 aromatic rings. The van der Waals surface area contributed by atoms with Crippen LogP contribution in [0, 0.1) is 0 Å². The number of likely N-dealkylation sites (tertiary alicyclic amines) is 1. The fraction of sp³-hybridized carbons (Fsp3) is 0.562. The highest BCUT2D eigenvalue weighted by Crippen LogP contribution is 2.33. The Morgan fingerprint density at radius 1 is 1.45 bits per heavy atom. The van der Waals surface area contributed by atoms with E-state index < -0.39 is 0 Å². The standard InChI is InChI=1S/C16H22BrNO2/c1-16(2,3)20-11-15(19)18-9-5-8-14(18)12-6-4-7-13(17)10-12/h4,6-7,10,14H,5,8-9,11H2,1-3H3. The second kappa shape index (κ2) is 6.27. The second-order valence-corrected chi connectivity index (χ2v) is 7.12. The van der Waals surface area contributed by atoms with E-state index in [0.717, 1.165) is 23.9 Å². The van der Waals surface area contributed by atoms with Gasteiger partial charge in [-0.3, -0.25) is 4.79 Å². The van der Waals surface area contributed by atoms with Crippen molar-refractivity contribution in [1.29, 1.82) is 0 Å². The van der Waals surface area contributed by atoms with E-state index in [4.69, 9.17) is 4.74 Å². The molecule has 1 aliphatic rings. The first-order chi connectivity index (χ1) is 9.37. The molecule has 1 aliphatic heterocycles. The SMILES string of the molecule is CC(C)(C)OCC(=O)N1CCCC1c1cccc(Br)c1. The van der Waals surface area contributed by atoms with Gasteiger partial charge in [0.05, 0.1) is 11.6 Å². The van der Waals surface area contributed by atoms with Crippen molar-refractivity contribution < 1.29 is 9.53 Å². The van der Waals surface area contributed by atoms with Crippen molar-refractivity contribution in [2.75, 3.05) is 13.2 Å². The fourth-order valence-electron chi connectivity index (χ4n) is 2.49. The highest BCUT2D eigenvalue weighted by molar-refractivity contribution is 9.10. The number of rotatable bonds is 3. The molecule has 0 aliphatic carbocycles. The van der Waals surface area contributed by atoms with Crippen LogP contribution >= 0.6 is 15.9 Å². The summed E-state index contributed by atoms with van der Waals surface area (Å²) < 4.78 is 6.67. The van der Waals surface area contributed by atoms with Crippen LogP contribution in [0.3, 0.4) is 0 Å². The topological polar surface area (TPSA) is 29.5 Å². The minimum atomic E-state index is -0.277. The van der Waals surface area contributed by atoms with Crippen LogP contribution in [0.5, 0.6) is 0 Å². The van der Waals surface area contributed by atoms with Crippen LogP contribution in [0.25, 0.3) is 0 Å². The summed E-state index contributed by atoms with van der Waals surface area (Å²) in [4.78, 5) is 14.3. The van der Waals surface area contributed by atoms with E-state index in [9.17, 15) is 4.79 Å². The molecule has 0 bridgehead atoms. The summed E-state index contributed by atoms with van der Waals surface area (Å²) in [6.07, 6.45) is 2.08. The van der Waals surface area contributed by atoms with Gasteiger partial charge in [-0.2, -0.15) is 0 Å². The first-order valence-corrected chi connectivity index (χ1v) is 7.85. The predicted octanol–water partition coefficient (Wildman–Crippen LogP) is 3.93. The molecule has 0 saturated carbocycles. The molecule has 1 amide bonds. The van der Waals surface area contributed by atoms with Gasteiger partial charge in [-0.1, -0.05) is 28.1 Å².